The lowest BCUT2D eigenvalue weighted by Gasteiger charge is -2.23. The van der Waals surface area contributed by atoms with Crippen LogP contribution in [0.4, 0.5) is 0 Å². The van der Waals surface area contributed by atoms with Crippen LogP contribution in [0.5, 0.6) is 0 Å². The number of hydrogen-bond acceptors (Lipinski definition) is 2. The van der Waals surface area contributed by atoms with E-state index >= 15 is 0 Å². The molecule has 3 atom stereocenters. The second-order valence-electron chi connectivity index (χ2n) is 3.88. The Morgan fingerprint density at radius 3 is 2.92 bits per heavy atom. The summed E-state index contributed by atoms with van der Waals surface area (Å²) in [6.07, 6.45) is 3.05. The van der Waals surface area contributed by atoms with Crippen molar-refractivity contribution in [3.63, 3.8) is 0 Å². The highest BCUT2D eigenvalue weighted by Gasteiger charge is 2.39. The van der Waals surface area contributed by atoms with Crippen LogP contribution >= 0.6 is 0 Å². The predicted octanol–water partition coefficient (Wildman–Crippen LogP) is 0.263. The van der Waals surface area contributed by atoms with E-state index in [9.17, 15) is 4.79 Å². The van der Waals surface area contributed by atoms with Crippen molar-refractivity contribution in [2.75, 3.05) is 6.54 Å². The Labute approximate surface area is 72.9 Å². The summed E-state index contributed by atoms with van der Waals surface area (Å²) in [5, 5.41) is 6.48. The monoisotopic (exact) mass is 168 g/mol. The van der Waals surface area contributed by atoms with E-state index in [-0.39, 0.29) is 5.91 Å². The highest BCUT2D eigenvalue weighted by molar-refractivity contribution is 5.76. The van der Waals surface area contributed by atoms with Crippen molar-refractivity contribution >= 4 is 5.91 Å². The van der Waals surface area contributed by atoms with Gasteiger partial charge in [0.1, 0.15) is 0 Å². The van der Waals surface area contributed by atoms with E-state index in [1.807, 2.05) is 6.92 Å². The second-order valence-corrected chi connectivity index (χ2v) is 3.88. The van der Waals surface area contributed by atoms with E-state index in [2.05, 4.69) is 10.6 Å². The minimum atomic E-state index is 0.189. The molecule has 0 spiro atoms. The molecule has 12 heavy (non-hydrogen) atoms. The maximum atomic E-state index is 11.1. The number of piperidine rings is 1. The van der Waals surface area contributed by atoms with Crippen LogP contribution in [0.15, 0.2) is 0 Å². The van der Waals surface area contributed by atoms with E-state index < -0.39 is 0 Å². The molecule has 1 saturated carbocycles. The van der Waals surface area contributed by atoms with Gasteiger partial charge in [-0.1, -0.05) is 6.92 Å². The minimum Gasteiger partial charge on any atom is -0.352 e. The van der Waals surface area contributed by atoms with Crippen LogP contribution in [0.2, 0.25) is 0 Å². The van der Waals surface area contributed by atoms with E-state index in [0.717, 1.165) is 12.5 Å². The molecule has 3 unspecified atom stereocenters. The number of hydrogen-bond donors (Lipinski definition) is 2. The Morgan fingerprint density at radius 1 is 1.58 bits per heavy atom. The first kappa shape index (κ1) is 8.05. The maximum Gasteiger partial charge on any atom is 0.219 e. The summed E-state index contributed by atoms with van der Waals surface area (Å²) >= 11 is 0. The van der Waals surface area contributed by atoms with Gasteiger partial charge in [0.15, 0.2) is 0 Å². The molecule has 1 amide bonds. The van der Waals surface area contributed by atoms with Crippen LogP contribution in [0.1, 0.15) is 26.2 Å². The highest BCUT2D eigenvalue weighted by atomic mass is 16.1. The van der Waals surface area contributed by atoms with Crippen LogP contribution in [0, 0.1) is 5.92 Å². The Bertz CT molecular complexity index is 193. The maximum absolute atomic E-state index is 11.1. The van der Waals surface area contributed by atoms with Crippen LogP contribution in [0.3, 0.4) is 0 Å². The van der Waals surface area contributed by atoms with Crippen molar-refractivity contribution in [2.24, 2.45) is 5.92 Å². The minimum absolute atomic E-state index is 0.189. The van der Waals surface area contributed by atoms with Crippen molar-refractivity contribution < 1.29 is 4.79 Å². The summed E-state index contributed by atoms with van der Waals surface area (Å²) in [5.41, 5.74) is 0. The fourth-order valence-electron chi connectivity index (χ4n) is 2.32. The summed E-state index contributed by atoms with van der Waals surface area (Å²) < 4.78 is 0. The first-order chi connectivity index (χ1) is 5.79. The third kappa shape index (κ3) is 1.33. The third-order valence-electron chi connectivity index (χ3n) is 3.00. The van der Waals surface area contributed by atoms with Gasteiger partial charge in [-0.2, -0.15) is 0 Å². The molecule has 1 saturated heterocycles. The number of carbonyl (C=O) groups excluding carboxylic acids is 1. The van der Waals surface area contributed by atoms with Crippen molar-refractivity contribution in [2.45, 2.75) is 38.3 Å². The quantitative estimate of drug-likeness (QED) is 0.621. The molecule has 3 heteroatoms. The first-order valence-electron chi connectivity index (χ1n) is 4.82. The zero-order chi connectivity index (χ0) is 8.55. The molecule has 2 N–H and O–H groups in total. The molecule has 2 fully saturated rings. The average molecular weight is 168 g/mol. The SMILES string of the molecule is CCC(=O)NC1CC2CNC1C2. The number of carbonyl (C=O) groups is 1. The summed E-state index contributed by atoms with van der Waals surface area (Å²) in [4.78, 5) is 11.1. The number of amides is 1. The predicted molar refractivity (Wildman–Crippen MR) is 46.7 cm³/mol. The largest absolute Gasteiger partial charge is 0.352 e. The zero-order valence-electron chi connectivity index (χ0n) is 7.47. The van der Waals surface area contributed by atoms with Crippen LogP contribution < -0.4 is 10.6 Å². The molecular weight excluding hydrogens is 152 g/mol. The van der Waals surface area contributed by atoms with E-state index in [4.69, 9.17) is 0 Å². The van der Waals surface area contributed by atoms with Gasteiger partial charge in [-0.3, -0.25) is 4.79 Å². The van der Waals surface area contributed by atoms with Gasteiger partial charge in [0, 0.05) is 18.5 Å². The van der Waals surface area contributed by atoms with E-state index in [0.29, 0.717) is 18.5 Å². The lowest BCUT2D eigenvalue weighted by Crippen LogP contribution is -2.47. The lowest BCUT2D eigenvalue weighted by atomic mass is 10.1. The first-order valence-corrected chi connectivity index (χ1v) is 4.82. The van der Waals surface area contributed by atoms with Crippen LogP contribution in [-0.2, 0) is 4.79 Å². The fraction of sp³-hybridized carbons (Fsp3) is 0.889. The molecule has 1 aliphatic heterocycles. The Hall–Kier alpha value is -0.570. The highest BCUT2D eigenvalue weighted by Crippen LogP contribution is 2.30. The second kappa shape index (κ2) is 3.05. The molecule has 2 bridgehead atoms. The summed E-state index contributed by atoms with van der Waals surface area (Å²) in [7, 11) is 0. The van der Waals surface area contributed by atoms with Gasteiger partial charge >= 0.3 is 0 Å². The molecule has 1 aliphatic carbocycles. The Balaban J connectivity index is 1.86. The molecule has 0 aromatic heterocycles. The normalized spacial score (nSPS) is 38.6. The standard InChI is InChI=1S/C9H16N2O/c1-2-9(12)11-8-4-6-3-7(8)10-5-6/h6-8,10H,2-5H2,1H3,(H,11,12). The van der Waals surface area contributed by atoms with Gasteiger partial charge in [-0.05, 0) is 25.3 Å². The molecule has 1 heterocycles. The van der Waals surface area contributed by atoms with Gasteiger partial charge < -0.3 is 10.6 Å². The zero-order valence-corrected chi connectivity index (χ0v) is 7.47. The Kier molecular flexibility index (Phi) is 2.05. The van der Waals surface area contributed by atoms with Gasteiger partial charge in [0.25, 0.3) is 0 Å². The average Bonchev–Trinajstić information content (AvgIpc) is 2.64. The summed E-state index contributed by atoms with van der Waals surface area (Å²) in [6, 6.07) is 0.974. The molecule has 2 aliphatic rings. The lowest BCUT2D eigenvalue weighted by molar-refractivity contribution is -0.121. The van der Waals surface area contributed by atoms with Gasteiger partial charge in [-0.25, -0.2) is 0 Å². The van der Waals surface area contributed by atoms with Gasteiger partial charge in [-0.15, -0.1) is 0 Å². The van der Waals surface area contributed by atoms with Crippen molar-refractivity contribution in [3.8, 4) is 0 Å². The van der Waals surface area contributed by atoms with Crippen LogP contribution in [-0.4, -0.2) is 24.5 Å². The van der Waals surface area contributed by atoms with E-state index in [1.165, 1.54) is 12.8 Å². The molecule has 2 rings (SSSR count). The van der Waals surface area contributed by atoms with Crippen molar-refractivity contribution in [1.29, 1.82) is 0 Å². The summed E-state index contributed by atoms with van der Waals surface area (Å²) in [5.74, 6) is 1.01. The number of fused-ring (bicyclic) bond motifs is 2. The smallest absolute Gasteiger partial charge is 0.219 e. The van der Waals surface area contributed by atoms with Gasteiger partial charge in [0.05, 0.1) is 0 Å². The molecular formula is C9H16N2O. The molecule has 0 radical (unpaired) electrons. The van der Waals surface area contributed by atoms with E-state index in [1.54, 1.807) is 0 Å². The third-order valence-corrected chi connectivity index (χ3v) is 3.00. The van der Waals surface area contributed by atoms with Crippen molar-refractivity contribution in [3.05, 3.63) is 0 Å². The number of nitrogens with one attached hydrogen (secondary N) is 2. The topological polar surface area (TPSA) is 41.1 Å². The van der Waals surface area contributed by atoms with Crippen LogP contribution in [0.25, 0.3) is 0 Å². The fourth-order valence-corrected chi connectivity index (χ4v) is 2.32. The molecule has 3 nitrogen and oxygen atoms in total. The molecule has 0 aromatic rings. The molecule has 68 valence electrons. The summed E-state index contributed by atoms with van der Waals surface area (Å²) in [6.45, 7) is 3.05. The molecule has 0 aromatic carbocycles. The van der Waals surface area contributed by atoms with Gasteiger partial charge in [0.2, 0.25) is 5.91 Å². The number of rotatable bonds is 2. The Morgan fingerprint density at radius 2 is 2.42 bits per heavy atom. The van der Waals surface area contributed by atoms with Crippen molar-refractivity contribution in [1.82, 2.24) is 10.6 Å².